The third kappa shape index (κ3) is 5.64. The molecule has 0 aromatic heterocycles. The normalized spacial score (nSPS) is 11.6. The van der Waals surface area contributed by atoms with Crippen LogP contribution in [0.4, 0.5) is 0 Å². The molecule has 0 unspecified atom stereocenters. The molecule has 0 aromatic rings. The number of aliphatic hydroxyl groups is 1. The standard InChI is InChI=1S/C9H16O2/c1-3-5-6-9(11)7-8(10)4-2/h7,10H,3-6H2,1-2H3/b8-7-. The number of allylic oxidation sites excluding steroid dienone is 2. The summed E-state index contributed by atoms with van der Waals surface area (Å²) in [5.41, 5.74) is 0. The molecule has 0 amide bonds. The fourth-order valence-electron chi connectivity index (χ4n) is 0.711. The number of hydrogen-bond acceptors (Lipinski definition) is 2. The van der Waals surface area contributed by atoms with Gasteiger partial charge in [-0.3, -0.25) is 4.79 Å². The molecule has 0 radical (unpaired) electrons. The van der Waals surface area contributed by atoms with Gasteiger partial charge in [0.1, 0.15) is 0 Å². The van der Waals surface area contributed by atoms with Crippen LogP contribution in [0.25, 0.3) is 0 Å². The van der Waals surface area contributed by atoms with Gasteiger partial charge in [0, 0.05) is 18.9 Å². The van der Waals surface area contributed by atoms with Crippen molar-refractivity contribution in [3.05, 3.63) is 11.8 Å². The molecule has 0 spiro atoms. The first-order chi connectivity index (χ1) is 5.20. The van der Waals surface area contributed by atoms with Crippen LogP contribution in [-0.4, -0.2) is 10.9 Å². The van der Waals surface area contributed by atoms with Crippen molar-refractivity contribution in [2.45, 2.75) is 39.5 Å². The minimum absolute atomic E-state index is 0.0335. The van der Waals surface area contributed by atoms with Crippen molar-refractivity contribution in [2.75, 3.05) is 0 Å². The van der Waals surface area contributed by atoms with Gasteiger partial charge in [-0.1, -0.05) is 20.3 Å². The largest absolute Gasteiger partial charge is 0.512 e. The minimum Gasteiger partial charge on any atom is -0.512 e. The van der Waals surface area contributed by atoms with Gasteiger partial charge in [0.2, 0.25) is 0 Å². The van der Waals surface area contributed by atoms with Gasteiger partial charge in [0.25, 0.3) is 0 Å². The lowest BCUT2D eigenvalue weighted by Crippen LogP contribution is -1.94. The second-order valence-corrected chi connectivity index (χ2v) is 2.56. The Labute approximate surface area is 67.9 Å². The van der Waals surface area contributed by atoms with E-state index in [0.717, 1.165) is 12.8 Å². The van der Waals surface area contributed by atoms with Crippen LogP contribution in [-0.2, 0) is 4.79 Å². The Balaban J connectivity index is 3.67. The van der Waals surface area contributed by atoms with Crippen molar-refractivity contribution in [3.8, 4) is 0 Å². The van der Waals surface area contributed by atoms with E-state index >= 15 is 0 Å². The molecule has 0 fully saturated rings. The van der Waals surface area contributed by atoms with E-state index in [1.54, 1.807) is 0 Å². The SMILES string of the molecule is CCCCC(=O)/C=C(\O)CC. The third-order valence-corrected chi connectivity index (χ3v) is 1.47. The van der Waals surface area contributed by atoms with Crippen LogP contribution in [0.5, 0.6) is 0 Å². The third-order valence-electron chi connectivity index (χ3n) is 1.47. The molecule has 11 heavy (non-hydrogen) atoms. The molecule has 0 aliphatic carbocycles. The molecule has 0 rings (SSSR count). The van der Waals surface area contributed by atoms with E-state index in [1.165, 1.54) is 6.08 Å². The fraction of sp³-hybridized carbons (Fsp3) is 0.667. The van der Waals surface area contributed by atoms with Crippen LogP contribution in [0.15, 0.2) is 11.8 Å². The van der Waals surface area contributed by atoms with Crippen molar-refractivity contribution in [1.29, 1.82) is 0 Å². The lowest BCUT2D eigenvalue weighted by molar-refractivity contribution is -0.114. The van der Waals surface area contributed by atoms with Gasteiger partial charge in [0.15, 0.2) is 5.78 Å². The number of ketones is 1. The smallest absolute Gasteiger partial charge is 0.159 e. The predicted molar refractivity (Wildman–Crippen MR) is 45.5 cm³/mol. The number of unbranched alkanes of at least 4 members (excludes halogenated alkanes) is 1. The van der Waals surface area contributed by atoms with Gasteiger partial charge in [-0.2, -0.15) is 0 Å². The highest BCUT2D eigenvalue weighted by Crippen LogP contribution is 2.00. The zero-order valence-corrected chi connectivity index (χ0v) is 7.26. The Morgan fingerprint density at radius 1 is 1.45 bits per heavy atom. The summed E-state index contributed by atoms with van der Waals surface area (Å²) in [6, 6.07) is 0. The Kier molecular flexibility index (Phi) is 5.53. The maximum atomic E-state index is 10.9. The highest BCUT2D eigenvalue weighted by Gasteiger charge is 1.97. The van der Waals surface area contributed by atoms with Crippen molar-refractivity contribution in [2.24, 2.45) is 0 Å². The van der Waals surface area contributed by atoms with Gasteiger partial charge in [-0.05, 0) is 6.42 Å². The summed E-state index contributed by atoms with van der Waals surface area (Å²) >= 11 is 0. The minimum atomic E-state index is 0.0335. The van der Waals surface area contributed by atoms with E-state index in [1.807, 2.05) is 13.8 Å². The zero-order chi connectivity index (χ0) is 8.69. The monoisotopic (exact) mass is 156 g/mol. The summed E-state index contributed by atoms with van der Waals surface area (Å²) in [6.45, 7) is 3.86. The lowest BCUT2D eigenvalue weighted by atomic mass is 10.1. The molecule has 1 N–H and O–H groups in total. The Morgan fingerprint density at radius 2 is 2.09 bits per heavy atom. The number of carbonyl (C=O) groups is 1. The summed E-state index contributed by atoms with van der Waals surface area (Å²) < 4.78 is 0. The second kappa shape index (κ2) is 5.96. The van der Waals surface area contributed by atoms with Gasteiger partial charge >= 0.3 is 0 Å². The van der Waals surface area contributed by atoms with Crippen molar-refractivity contribution in [3.63, 3.8) is 0 Å². The number of hydrogen-bond donors (Lipinski definition) is 1. The number of aliphatic hydroxyl groups excluding tert-OH is 1. The Morgan fingerprint density at radius 3 is 2.55 bits per heavy atom. The summed E-state index contributed by atoms with van der Waals surface area (Å²) in [5.74, 6) is 0.220. The summed E-state index contributed by atoms with van der Waals surface area (Å²) in [5, 5.41) is 8.97. The van der Waals surface area contributed by atoms with Gasteiger partial charge in [-0.25, -0.2) is 0 Å². The molecule has 0 bridgehead atoms. The molecule has 0 saturated heterocycles. The maximum absolute atomic E-state index is 10.9. The predicted octanol–water partition coefficient (Wildman–Crippen LogP) is 2.60. The van der Waals surface area contributed by atoms with Gasteiger partial charge < -0.3 is 5.11 Å². The van der Waals surface area contributed by atoms with E-state index in [0.29, 0.717) is 12.8 Å². The van der Waals surface area contributed by atoms with Crippen LogP contribution in [0.3, 0.4) is 0 Å². The highest BCUT2D eigenvalue weighted by molar-refractivity contribution is 5.89. The lowest BCUT2D eigenvalue weighted by Gasteiger charge is -1.94. The molecule has 2 heteroatoms. The Hall–Kier alpha value is -0.790. The van der Waals surface area contributed by atoms with Crippen molar-refractivity contribution < 1.29 is 9.90 Å². The topological polar surface area (TPSA) is 37.3 Å². The zero-order valence-electron chi connectivity index (χ0n) is 7.26. The van der Waals surface area contributed by atoms with Gasteiger partial charge in [0.05, 0.1) is 5.76 Å². The first-order valence-corrected chi connectivity index (χ1v) is 4.13. The van der Waals surface area contributed by atoms with Gasteiger partial charge in [-0.15, -0.1) is 0 Å². The molecule has 0 atom stereocenters. The second-order valence-electron chi connectivity index (χ2n) is 2.56. The first-order valence-electron chi connectivity index (χ1n) is 4.13. The molecule has 0 aliphatic heterocycles. The Bertz CT molecular complexity index is 148. The van der Waals surface area contributed by atoms with Crippen LogP contribution in [0.2, 0.25) is 0 Å². The average molecular weight is 156 g/mol. The highest BCUT2D eigenvalue weighted by atomic mass is 16.3. The van der Waals surface area contributed by atoms with E-state index in [4.69, 9.17) is 5.11 Å². The summed E-state index contributed by atoms with van der Waals surface area (Å²) in [4.78, 5) is 10.9. The van der Waals surface area contributed by atoms with Crippen molar-refractivity contribution >= 4 is 5.78 Å². The summed E-state index contributed by atoms with van der Waals surface area (Å²) in [7, 11) is 0. The van der Waals surface area contributed by atoms with E-state index < -0.39 is 0 Å². The van der Waals surface area contributed by atoms with E-state index in [-0.39, 0.29) is 11.5 Å². The molecule has 64 valence electrons. The molecular formula is C9H16O2. The molecular weight excluding hydrogens is 140 g/mol. The van der Waals surface area contributed by atoms with E-state index in [2.05, 4.69) is 0 Å². The number of carbonyl (C=O) groups excluding carboxylic acids is 1. The molecule has 0 aliphatic rings. The molecule has 0 saturated carbocycles. The maximum Gasteiger partial charge on any atom is 0.159 e. The molecule has 0 heterocycles. The van der Waals surface area contributed by atoms with Crippen LogP contribution >= 0.6 is 0 Å². The molecule has 2 nitrogen and oxygen atoms in total. The van der Waals surface area contributed by atoms with Crippen LogP contribution in [0, 0.1) is 0 Å². The summed E-state index contributed by atoms with van der Waals surface area (Å²) in [6.07, 6.45) is 4.35. The first kappa shape index (κ1) is 10.2. The van der Waals surface area contributed by atoms with E-state index in [9.17, 15) is 4.79 Å². The number of rotatable bonds is 5. The van der Waals surface area contributed by atoms with Crippen LogP contribution < -0.4 is 0 Å². The van der Waals surface area contributed by atoms with Crippen molar-refractivity contribution in [1.82, 2.24) is 0 Å². The van der Waals surface area contributed by atoms with Crippen LogP contribution in [0.1, 0.15) is 39.5 Å². The molecule has 0 aromatic carbocycles. The fourth-order valence-corrected chi connectivity index (χ4v) is 0.711. The average Bonchev–Trinajstić information content (AvgIpc) is 2.00. The quantitative estimate of drug-likeness (QED) is 0.490.